The van der Waals surface area contributed by atoms with Crippen molar-refractivity contribution in [2.45, 2.75) is 65.6 Å². The van der Waals surface area contributed by atoms with E-state index in [9.17, 15) is 0 Å². The first kappa shape index (κ1) is 17.2. The third-order valence-corrected chi connectivity index (χ3v) is 3.35. The van der Waals surface area contributed by atoms with Gasteiger partial charge in [-0.25, -0.2) is 0 Å². The maximum atomic E-state index is 5.76. The van der Waals surface area contributed by atoms with Crippen molar-refractivity contribution in [2.75, 3.05) is 13.2 Å². The molecule has 0 aliphatic rings. The van der Waals surface area contributed by atoms with Gasteiger partial charge in [0.15, 0.2) is 0 Å². The molecule has 1 aromatic carbocycles. The fraction of sp³-hybridized carbons (Fsp3) is 0.667. The Hall–Kier alpha value is -0.860. The Morgan fingerprint density at radius 3 is 1.25 bits per heavy atom. The topological polar surface area (TPSA) is 18.5 Å². The van der Waals surface area contributed by atoms with Gasteiger partial charge in [-0.1, -0.05) is 24.3 Å². The van der Waals surface area contributed by atoms with E-state index in [-0.39, 0.29) is 11.2 Å². The number of rotatable bonds is 8. The van der Waals surface area contributed by atoms with E-state index in [1.54, 1.807) is 0 Å². The second kappa shape index (κ2) is 7.24. The normalized spacial score (nSPS) is 12.7. The highest BCUT2D eigenvalue weighted by atomic mass is 16.5. The minimum absolute atomic E-state index is 0.0964. The van der Waals surface area contributed by atoms with Crippen LogP contribution < -0.4 is 0 Å². The van der Waals surface area contributed by atoms with Gasteiger partial charge >= 0.3 is 0 Å². The van der Waals surface area contributed by atoms with Crippen molar-refractivity contribution in [1.29, 1.82) is 0 Å². The maximum absolute atomic E-state index is 5.76. The summed E-state index contributed by atoms with van der Waals surface area (Å²) in [6, 6.07) is 8.83. The van der Waals surface area contributed by atoms with Crippen LogP contribution in [0.5, 0.6) is 0 Å². The zero-order chi connectivity index (χ0) is 15.2. The average Bonchev–Trinajstić information content (AvgIpc) is 2.30. The molecule has 0 unspecified atom stereocenters. The van der Waals surface area contributed by atoms with Crippen molar-refractivity contribution in [1.82, 2.24) is 0 Å². The molecule has 0 atom stereocenters. The lowest BCUT2D eigenvalue weighted by atomic mass is 9.94. The third-order valence-electron chi connectivity index (χ3n) is 3.35. The van der Waals surface area contributed by atoms with Crippen LogP contribution in [-0.2, 0) is 22.3 Å². The lowest BCUT2D eigenvalue weighted by Crippen LogP contribution is -2.28. The molecule has 0 heterocycles. The van der Waals surface area contributed by atoms with Crippen LogP contribution in [0.4, 0.5) is 0 Å². The van der Waals surface area contributed by atoms with E-state index in [0.29, 0.717) is 0 Å². The number of benzene rings is 1. The summed E-state index contributed by atoms with van der Waals surface area (Å²) in [5, 5.41) is 0. The molecule has 0 saturated heterocycles. The minimum atomic E-state index is -0.0964. The first-order valence-corrected chi connectivity index (χ1v) is 7.64. The standard InChI is InChI=1S/C18H30O2/c1-7-19-17(3,4)13-15-9-11-16(12-10-15)14-18(5,6)20-8-2/h9-12H,7-8,13-14H2,1-6H3. The highest BCUT2D eigenvalue weighted by Gasteiger charge is 2.20. The average molecular weight is 278 g/mol. The fourth-order valence-corrected chi connectivity index (χ4v) is 2.64. The van der Waals surface area contributed by atoms with Gasteiger partial charge < -0.3 is 9.47 Å². The predicted octanol–water partition coefficient (Wildman–Crippen LogP) is 4.40. The van der Waals surface area contributed by atoms with E-state index >= 15 is 0 Å². The molecule has 0 fully saturated rings. The van der Waals surface area contributed by atoms with Gasteiger partial charge in [0, 0.05) is 26.1 Å². The second-order valence-electron chi connectivity index (χ2n) is 6.56. The largest absolute Gasteiger partial charge is 0.376 e. The highest BCUT2D eigenvalue weighted by Crippen LogP contribution is 2.20. The summed E-state index contributed by atoms with van der Waals surface area (Å²) < 4.78 is 11.5. The monoisotopic (exact) mass is 278 g/mol. The van der Waals surface area contributed by atoms with Crippen molar-refractivity contribution in [2.24, 2.45) is 0 Å². The summed E-state index contributed by atoms with van der Waals surface area (Å²) in [4.78, 5) is 0. The Kier molecular flexibility index (Phi) is 6.22. The van der Waals surface area contributed by atoms with E-state index in [2.05, 4.69) is 52.0 Å². The Labute approximate surface area is 124 Å². The van der Waals surface area contributed by atoms with Crippen LogP contribution in [-0.4, -0.2) is 24.4 Å². The molecule has 1 rings (SSSR count). The molecule has 2 nitrogen and oxygen atoms in total. The van der Waals surface area contributed by atoms with Crippen molar-refractivity contribution in [3.8, 4) is 0 Å². The molecule has 114 valence electrons. The van der Waals surface area contributed by atoms with Crippen LogP contribution in [0.25, 0.3) is 0 Å². The molecule has 0 amide bonds. The van der Waals surface area contributed by atoms with E-state index < -0.39 is 0 Å². The third kappa shape index (κ3) is 6.06. The highest BCUT2D eigenvalue weighted by molar-refractivity contribution is 5.24. The molecule has 1 aromatic rings. The SMILES string of the molecule is CCOC(C)(C)Cc1ccc(CC(C)(C)OCC)cc1. The van der Waals surface area contributed by atoms with E-state index in [1.807, 2.05) is 13.8 Å². The molecule has 0 spiro atoms. The Balaban J connectivity index is 2.65. The Morgan fingerprint density at radius 1 is 0.700 bits per heavy atom. The zero-order valence-corrected chi connectivity index (χ0v) is 14.0. The van der Waals surface area contributed by atoms with Crippen LogP contribution in [0.15, 0.2) is 24.3 Å². The summed E-state index contributed by atoms with van der Waals surface area (Å²) in [5.74, 6) is 0. The second-order valence-corrected chi connectivity index (χ2v) is 6.56. The summed E-state index contributed by atoms with van der Waals surface area (Å²) in [6.07, 6.45) is 1.88. The molecule has 20 heavy (non-hydrogen) atoms. The lowest BCUT2D eigenvalue weighted by Gasteiger charge is -2.26. The fourth-order valence-electron chi connectivity index (χ4n) is 2.64. The molecular weight excluding hydrogens is 248 g/mol. The van der Waals surface area contributed by atoms with Crippen LogP contribution in [0.1, 0.15) is 52.7 Å². The molecule has 0 aliphatic carbocycles. The van der Waals surface area contributed by atoms with Gasteiger partial charge in [-0.15, -0.1) is 0 Å². The Bertz CT molecular complexity index is 351. The Morgan fingerprint density at radius 2 is 1.00 bits per heavy atom. The summed E-state index contributed by atoms with van der Waals surface area (Å²) in [6.45, 7) is 14.2. The molecule has 0 aromatic heterocycles. The quantitative estimate of drug-likeness (QED) is 0.701. The van der Waals surface area contributed by atoms with E-state index in [0.717, 1.165) is 26.1 Å². The first-order valence-electron chi connectivity index (χ1n) is 7.64. The van der Waals surface area contributed by atoms with Crippen LogP contribution in [0.2, 0.25) is 0 Å². The smallest absolute Gasteiger partial charge is 0.0666 e. The van der Waals surface area contributed by atoms with Crippen molar-refractivity contribution < 1.29 is 9.47 Å². The lowest BCUT2D eigenvalue weighted by molar-refractivity contribution is -0.0102. The molecule has 0 radical (unpaired) electrons. The van der Waals surface area contributed by atoms with Crippen molar-refractivity contribution in [3.63, 3.8) is 0 Å². The minimum Gasteiger partial charge on any atom is -0.376 e. The predicted molar refractivity (Wildman–Crippen MR) is 85.3 cm³/mol. The number of hydrogen-bond acceptors (Lipinski definition) is 2. The van der Waals surface area contributed by atoms with Crippen molar-refractivity contribution >= 4 is 0 Å². The summed E-state index contributed by atoms with van der Waals surface area (Å²) >= 11 is 0. The van der Waals surface area contributed by atoms with Gasteiger partial charge in [0.25, 0.3) is 0 Å². The van der Waals surface area contributed by atoms with Crippen LogP contribution in [0, 0.1) is 0 Å². The van der Waals surface area contributed by atoms with Gasteiger partial charge in [-0.05, 0) is 52.7 Å². The van der Waals surface area contributed by atoms with Gasteiger partial charge in [-0.2, -0.15) is 0 Å². The van der Waals surface area contributed by atoms with Crippen LogP contribution >= 0.6 is 0 Å². The van der Waals surface area contributed by atoms with Crippen molar-refractivity contribution in [3.05, 3.63) is 35.4 Å². The summed E-state index contributed by atoms with van der Waals surface area (Å²) in [5.41, 5.74) is 2.45. The van der Waals surface area contributed by atoms with Gasteiger partial charge in [0.1, 0.15) is 0 Å². The molecule has 0 saturated carbocycles. The molecule has 0 N–H and O–H groups in total. The number of hydrogen-bond donors (Lipinski definition) is 0. The molecular formula is C18H30O2. The van der Waals surface area contributed by atoms with E-state index in [1.165, 1.54) is 11.1 Å². The van der Waals surface area contributed by atoms with Gasteiger partial charge in [-0.3, -0.25) is 0 Å². The summed E-state index contributed by atoms with van der Waals surface area (Å²) in [7, 11) is 0. The molecule has 0 aliphatic heterocycles. The van der Waals surface area contributed by atoms with Gasteiger partial charge in [0.05, 0.1) is 11.2 Å². The molecule has 0 bridgehead atoms. The van der Waals surface area contributed by atoms with E-state index in [4.69, 9.17) is 9.47 Å². The maximum Gasteiger partial charge on any atom is 0.0666 e. The first-order chi connectivity index (χ1) is 9.28. The van der Waals surface area contributed by atoms with Crippen LogP contribution in [0.3, 0.4) is 0 Å². The zero-order valence-electron chi connectivity index (χ0n) is 14.0. The molecule has 2 heteroatoms. The number of ether oxygens (including phenoxy) is 2. The van der Waals surface area contributed by atoms with Gasteiger partial charge in [0.2, 0.25) is 0 Å².